The first-order chi connectivity index (χ1) is 9.20. The minimum Gasteiger partial charge on any atom is -0.494 e. The fourth-order valence-electron chi connectivity index (χ4n) is 2.83. The van der Waals surface area contributed by atoms with E-state index in [2.05, 4.69) is 6.92 Å². The number of rotatable bonds is 5. The summed E-state index contributed by atoms with van der Waals surface area (Å²) in [4.78, 5) is 0. The van der Waals surface area contributed by atoms with Crippen molar-refractivity contribution in [3.63, 3.8) is 0 Å². The van der Waals surface area contributed by atoms with Crippen molar-refractivity contribution in [1.82, 2.24) is 0 Å². The fraction of sp³-hybridized carbons (Fsp3) is 0.625. The van der Waals surface area contributed by atoms with Gasteiger partial charge in [-0.05, 0) is 37.0 Å². The predicted molar refractivity (Wildman–Crippen MR) is 75.4 cm³/mol. The molecule has 0 heterocycles. The molecule has 0 aliphatic heterocycles. The Morgan fingerprint density at radius 3 is 2.63 bits per heavy atom. The van der Waals surface area contributed by atoms with E-state index in [1.165, 1.54) is 0 Å². The quantitative estimate of drug-likeness (QED) is 0.887. The monoisotopic (exact) mass is 264 g/mol. The lowest BCUT2D eigenvalue weighted by Gasteiger charge is -2.39. The Bertz CT molecular complexity index is 387. The van der Waals surface area contributed by atoms with E-state index in [-0.39, 0.29) is 6.10 Å². The highest BCUT2D eigenvalue weighted by atomic mass is 16.5. The minimum atomic E-state index is -0.851. The molecule has 3 nitrogen and oxygen atoms in total. The molecule has 0 bridgehead atoms. The summed E-state index contributed by atoms with van der Waals surface area (Å²) in [6, 6.07) is 7.79. The summed E-state index contributed by atoms with van der Waals surface area (Å²) in [6.07, 6.45) is 4.74. The van der Waals surface area contributed by atoms with Gasteiger partial charge in [0.05, 0.1) is 12.7 Å². The van der Waals surface area contributed by atoms with Crippen LogP contribution in [0.15, 0.2) is 24.3 Å². The van der Waals surface area contributed by atoms with Crippen LogP contribution >= 0.6 is 0 Å². The largest absolute Gasteiger partial charge is 0.494 e. The summed E-state index contributed by atoms with van der Waals surface area (Å²) < 4.78 is 11.0. The zero-order chi connectivity index (χ0) is 13.7. The third-order valence-electron chi connectivity index (χ3n) is 3.92. The number of hydrogen-bond donors (Lipinski definition) is 1. The van der Waals surface area contributed by atoms with Crippen molar-refractivity contribution in [3.8, 4) is 5.75 Å². The predicted octanol–water partition coefficient (Wildman–Crippen LogP) is 3.25. The van der Waals surface area contributed by atoms with Crippen molar-refractivity contribution in [3.05, 3.63) is 29.8 Å². The van der Waals surface area contributed by atoms with Gasteiger partial charge in [-0.2, -0.15) is 0 Å². The van der Waals surface area contributed by atoms with Gasteiger partial charge in [0.15, 0.2) is 0 Å². The maximum Gasteiger partial charge on any atom is 0.119 e. The summed E-state index contributed by atoms with van der Waals surface area (Å²) in [6.45, 7) is 2.81. The van der Waals surface area contributed by atoms with Crippen LogP contribution in [0.4, 0.5) is 0 Å². The van der Waals surface area contributed by atoms with Crippen LogP contribution in [0.3, 0.4) is 0 Å². The minimum absolute atomic E-state index is 0.108. The van der Waals surface area contributed by atoms with Crippen molar-refractivity contribution >= 4 is 0 Å². The molecule has 0 aromatic heterocycles. The van der Waals surface area contributed by atoms with Crippen molar-refractivity contribution in [2.45, 2.75) is 50.7 Å². The summed E-state index contributed by atoms with van der Waals surface area (Å²) >= 11 is 0. The van der Waals surface area contributed by atoms with Crippen molar-refractivity contribution < 1.29 is 14.6 Å². The molecule has 0 spiro atoms. The van der Waals surface area contributed by atoms with E-state index in [0.29, 0.717) is 0 Å². The summed E-state index contributed by atoms with van der Waals surface area (Å²) in [7, 11) is 1.68. The van der Waals surface area contributed by atoms with E-state index in [1.807, 2.05) is 24.3 Å². The Labute approximate surface area is 115 Å². The molecular formula is C16H24O3. The number of benzene rings is 1. The van der Waals surface area contributed by atoms with E-state index in [9.17, 15) is 5.11 Å². The molecule has 19 heavy (non-hydrogen) atoms. The van der Waals surface area contributed by atoms with Crippen molar-refractivity contribution in [1.29, 1.82) is 0 Å². The Morgan fingerprint density at radius 1 is 1.26 bits per heavy atom. The van der Waals surface area contributed by atoms with Gasteiger partial charge in [0.1, 0.15) is 11.4 Å². The van der Waals surface area contributed by atoms with Crippen LogP contribution in [0, 0.1) is 0 Å². The van der Waals surface area contributed by atoms with Crippen molar-refractivity contribution in [2.24, 2.45) is 0 Å². The fourth-order valence-corrected chi connectivity index (χ4v) is 2.83. The second kappa shape index (κ2) is 6.40. The van der Waals surface area contributed by atoms with Gasteiger partial charge in [0, 0.05) is 7.11 Å². The standard InChI is InChI=1S/C16H24O3/c1-3-12-19-14-9-7-13(8-10-14)16(17)11-5-4-6-15(16)18-2/h7-10,15,17H,3-6,11-12H2,1-2H3. The summed E-state index contributed by atoms with van der Waals surface area (Å²) in [5.41, 5.74) is 0.0823. The van der Waals surface area contributed by atoms with Gasteiger partial charge in [-0.15, -0.1) is 0 Å². The third-order valence-corrected chi connectivity index (χ3v) is 3.92. The van der Waals surface area contributed by atoms with Gasteiger partial charge in [-0.25, -0.2) is 0 Å². The molecule has 1 saturated carbocycles. The van der Waals surface area contributed by atoms with Crippen LogP contribution in [0.1, 0.15) is 44.6 Å². The number of aliphatic hydroxyl groups is 1. The SMILES string of the molecule is CCCOc1ccc(C2(O)CCCCC2OC)cc1. The first kappa shape index (κ1) is 14.4. The molecular weight excluding hydrogens is 240 g/mol. The van der Waals surface area contributed by atoms with Crippen LogP contribution in [0.25, 0.3) is 0 Å². The second-order valence-corrected chi connectivity index (χ2v) is 5.27. The zero-order valence-corrected chi connectivity index (χ0v) is 11.9. The molecule has 1 aliphatic rings. The smallest absolute Gasteiger partial charge is 0.119 e. The number of methoxy groups -OCH3 is 1. The van der Waals surface area contributed by atoms with E-state index in [1.54, 1.807) is 7.11 Å². The molecule has 2 rings (SSSR count). The van der Waals surface area contributed by atoms with Gasteiger partial charge < -0.3 is 14.6 Å². The molecule has 0 amide bonds. The first-order valence-electron chi connectivity index (χ1n) is 7.19. The van der Waals surface area contributed by atoms with Gasteiger partial charge in [-0.3, -0.25) is 0 Å². The maximum atomic E-state index is 10.9. The van der Waals surface area contributed by atoms with Crippen molar-refractivity contribution in [2.75, 3.05) is 13.7 Å². The molecule has 1 aromatic carbocycles. The average Bonchev–Trinajstić information content (AvgIpc) is 2.46. The van der Waals surface area contributed by atoms with Crippen LogP contribution in [-0.2, 0) is 10.3 Å². The normalized spacial score (nSPS) is 27.2. The zero-order valence-electron chi connectivity index (χ0n) is 11.9. The van der Waals surface area contributed by atoms with Gasteiger partial charge in [0.25, 0.3) is 0 Å². The highest BCUT2D eigenvalue weighted by Crippen LogP contribution is 2.39. The van der Waals surface area contributed by atoms with E-state index >= 15 is 0 Å². The van der Waals surface area contributed by atoms with Gasteiger partial charge >= 0.3 is 0 Å². The van der Waals surface area contributed by atoms with Crippen LogP contribution in [0.2, 0.25) is 0 Å². The van der Waals surface area contributed by atoms with E-state index in [4.69, 9.17) is 9.47 Å². The lowest BCUT2D eigenvalue weighted by molar-refractivity contribution is -0.122. The molecule has 3 heteroatoms. The van der Waals surface area contributed by atoms with Gasteiger partial charge in [-0.1, -0.05) is 31.9 Å². The van der Waals surface area contributed by atoms with E-state index in [0.717, 1.165) is 50.0 Å². The van der Waals surface area contributed by atoms with E-state index < -0.39 is 5.60 Å². The molecule has 1 aliphatic carbocycles. The Balaban J connectivity index is 2.15. The molecule has 0 saturated heterocycles. The molecule has 106 valence electrons. The highest BCUT2D eigenvalue weighted by molar-refractivity contribution is 5.32. The number of ether oxygens (including phenoxy) is 2. The first-order valence-corrected chi connectivity index (χ1v) is 7.19. The molecule has 1 fully saturated rings. The summed E-state index contributed by atoms with van der Waals surface area (Å²) in [5, 5.41) is 10.9. The summed E-state index contributed by atoms with van der Waals surface area (Å²) in [5.74, 6) is 0.860. The lowest BCUT2D eigenvalue weighted by Crippen LogP contribution is -2.43. The van der Waals surface area contributed by atoms with Crippen LogP contribution in [-0.4, -0.2) is 24.9 Å². The third kappa shape index (κ3) is 3.10. The van der Waals surface area contributed by atoms with Crippen LogP contribution in [0.5, 0.6) is 5.75 Å². The van der Waals surface area contributed by atoms with Crippen LogP contribution < -0.4 is 4.74 Å². The molecule has 0 radical (unpaired) electrons. The molecule has 2 atom stereocenters. The Morgan fingerprint density at radius 2 is 2.00 bits per heavy atom. The Kier molecular flexibility index (Phi) is 4.83. The molecule has 1 N–H and O–H groups in total. The van der Waals surface area contributed by atoms with Gasteiger partial charge in [0.2, 0.25) is 0 Å². The average molecular weight is 264 g/mol. The maximum absolute atomic E-state index is 10.9. The lowest BCUT2D eigenvalue weighted by atomic mass is 9.77. The highest BCUT2D eigenvalue weighted by Gasteiger charge is 2.40. The molecule has 2 unspecified atom stereocenters. The molecule has 1 aromatic rings. The topological polar surface area (TPSA) is 38.7 Å². The Hall–Kier alpha value is -1.06. The second-order valence-electron chi connectivity index (χ2n) is 5.27. The number of hydrogen-bond acceptors (Lipinski definition) is 3.